The predicted molar refractivity (Wildman–Crippen MR) is 85.2 cm³/mol. The summed E-state index contributed by atoms with van der Waals surface area (Å²) in [5, 5.41) is 15.8. The first-order valence-electron chi connectivity index (χ1n) is 7.44. The number of rotatable bonds is 7. The third-order valence-electron chi connectivity index (χ3n) is 3.32. The van der Waals surface area contributed by atoms with Crippen LogP contribution in [0.25, 0.3) is 0 Å². The van der Waals surface area contributed by atoms with Gasteiger partial charge >= 0.3 is 0 Å². The standard InChI is InChI=1S/C17H20N4O/c1-14-13-16(21(20-14)12-6-11-18)19-17(22)10-5-9-15-7-3-2-4-8-15/h2-4,7-8,13H,5-6,9-10,12H2,1H3,(H,19,22). The number of nitrogens with one attached hydrogen (secondary N) is 1. The van der Waals surface area contributed by atoms with E-state index in [1.165, 1.54) is 5.56 Å². The van der Waals surface area contributed by atoms with Crippen molar-refractivity contribution in [2.75, 3.05) is 5.32 Å². The zero-order valence-corrected chi connectivity index (χ0v) is 12.7. The third kappa shape index (κ3) is 4.74. The van der Waals surface area contributed by atoms with Gasteiger partial charge in [-0.2, -0.15) is 10.4 Å². The number of nitrogens with zero attached hydrogens (tertiary/aromatic N) is 3. The third-order valence-corrected chi connectivity index (χ3v) is 3.32. The van der Waals surface area contributed by atoms with Gasteiger partial charge in [-0.05, 0) is 25.3 Å². The minimum absolute atomic E-state index is 0.0194. The van der Waals surface area contributed by atoms with Crippen LogP contribution in [0.1, 0.15) is 30.5 Å². The van der Waals surface area contributed by atoms with E-state index < -0.39 is 0 Å². The van der Waals surface area contributed by atoms with Crippen molar-refractivity contribution in [1.29, 1.82) is 5.26 Å². The Kier molecular flexibility index (Phi) is 5.73. The lowest BCUT2D eigenvalue weighted by Crippen LogP contribution is -2.15. The highest BCUT2D eigenvalue weighted by molar-refractivity contribution is 5.89. The fourth-order valence-corrected chi connectivity index (χ4v) is 2.28. The van der Waals surface area contributed by atoms with E-state index in [1.807, 2.05) is 31.2 Å². The first kappa shape index (κ1) is 15.8. The van der Waals surface area contributed by atoms with E-state index in [0.29, 0.717) is 25.2 Å². The van der Waals surface area contributed by atoms with Gasteiger partial charge in [-0.1, -0.05) is 30.3 Å². The van der Waals surface area contributed by atoms with Crippen molar-refractivity contribution < 1.29 is 4.79 Å². The molecule has 0 aliphatic rings. The summed E-state index contributed by atoms with van der Waals surface area (Å²) in [7, 11) is 0. The van der Waals surface area contributed by atoms with Crippen LogP contribution in [0.15, 0.2) is 36.4 Å². The normalized spacial score (nSPS) is 10.2. The van der Waals surface area contributed by atoms with E-state index in [4.69, 9.17) is 5.26 Å². The smallest absolute Gasteiger partial charge is 0.225 e. The SMILES string of the molecule is Cc1cc(NC(=O)CCCc2ccccc2)n(CCC#N)n1. The average molecular weight is 296 g/mol. The molecule has 2 aromatic rings. The molecule has 114 valence electrons. The number of anilines is 1. The van der Waals surface area contributed by atoms with E-state index >= 15 is 0 Å². The van der Waals surface area contributed by atoms with E-state index in [0.717, 1.165) is 18.5 Å². The molecule has 1 aromatic heterocycles. The van der Waals surface area contributed by atoms with Crippen molar-refractivity contribution in [3.05, 3.63) is 47.7 Å². The Morgan fingerprint density at radius 1 is 1.36 bits per heavy atom. The van der Waals surface area contributed by atoms with E-state index in [1.54, 1.807) is 4.68 Å². The maximum atomic E-state index is 12.0. The average Bonchev–Trinajstić information content (AvgIpc) is 2.85. The summed E-state index contributed by atoms with van der Waals surface area (Å²) in [6.45, 7) is 2.36. The van der Waals surface area contributed by atoms with Crippen LogP contribution in [0.3, 0.4) is 0 Å². The van der Waals surface area contributed by atoms with E-state index in [2.05, 4.69) is 28.6 Å². The van der Waals surface area contributed by atoms with Gasteiger partial charge in [-0.25, -0.2) is 4.68 Å². The molecule has 0 aliphatic carbocycles. The quantitative estimate of drug-likeness (QED) is 0.853. The molecule has 22 heavy (non-hydrogen) atoms. The summed E-state index contributed by atoms with van der Waals surface area (Å²) < 4.78 is 1.67. The molecule has 0 radical (unpaired) electrons. The van der Waals surface area contributed by atoms with Crippen LogP contribution in [0.5, 0.6) is 0 Å². The number of aryl methyl sites for hydroxylation is 3. The summed E-state index contributed by atoms with van der Waals surface area (Å²) in [5.41, 5.74) is 2.07. The number of hydrogen-bond acceptors (Lipinski definition) is 3. The van der Waals surface area contributed by atoms with Gasteiger partial charge in [0.25, 0.3) is 0 Å². The number of nitriles is 1. The highest BCUT2D eigenvalue weighted by Gasteiger charge is 2.09. The predicted octanol–water partition coefficient (Wildman–Crippen LogP) is 3.07. The lowest BCUT2D eigenvalue weighted by atomic mass is 10.1. The van der Waals surface area contributed by atoms with Crippen molar-refractivity contribution >= 4 is 11.7 Å². The largest absolute Gasteiger partial charge is 0.311 e. The molecule has 0 bridgehead atoms. The molecule has 1 amide bonds. The summed E-state index contributed by atoms with van der Waals surface area (Å²) >= 11 is 0. The van der Waals surface area contributed by atoms with Gasteiger partial charge < -0.3 is 5.32 Å². The highest BCUT2D eigenvalue weighted by Crippen LogP contribution is 2.12. The van der Waals surface area contributed by atoms with Crippen LogP contribution in [0.4, 0.5) is 5.82 Å². The Bertz CT molecular complexity index is 655. The van der Waals surface area contributed by atoms with Crippen LogP contribution < -0.4 is 5.32 Å². The van der Waals surface area contributed by atoms with Crippen molar-refractivity contribution in [3.63, 3.8) is 0 Å². The second kappa shape index (κ2) is 7.99. The molecular weight excluding hydrogens is 276 g/mol. The van der Waals surface area contributed by atoms with Gasteiger partial charge in [0.2, 0.25) is 5.91 Å². The highest BCUT2D eigenvalue weighted by atomic mass is 16.1. The first-order chi connectivity index (χ1) is 10.7. The molecule has 5 nitrogen and oxygen atoms in total. The second-order valence-electron chi connectivity index (χ2n) is 5.19. The van der Waals surface area contributed by atoms with E-state index in [9.17, 15) is 4.79 Å². The summed E-state index contributed by atoms with van der Waals surface area (Å²) in [5.74, 6) is 0.645. The van der Waals surface area contributed by atoms with Gasteiger partial charge in [0, 0.05) is 12.5 Å². The monoisotopic (exact) mass is 296 g/mol. The number of aromatic nitrogens is 2. The fourth-order valence-electron chi connectivity index (χ4n) is 2.28. The molecule has 1 heterocycles. The molecule has 1 aromatic carbocycles. The van der Waals surface area contributed by atoms with Crippen LogP contribution in [-0.2, 0) is 17.8 Å². The number of hydrogen-bond donors (Lipinski definition) is 1. The lowest BCUT2D eigenvalue weighted by Gasteiger charge is -2.07. The zero-order valence-electron chi connectivity index (χ0n) is 12.7. The summed E-state index contributed by atoms with van der Waals surface area (Å²) in [4.78, 5) is 12.0. The maximum absolute atomic E-state index is 12.0. The second-order valence-corrected chi connectivity index (χ2v) is 5.19. The molecule has 5 heteroatoms. The Labute approximate surface area is 130 Å². The summed E-state index contributed by atoms with van der Waals surface area (Å²) in [6, 6.07) is 14.0. The van der Waals surface area contributed by atoms with Crippen molar-refractivity contribution in [2.24, 2.45) is 0 Å². The van der Waals surface area contributed by atoms with Crippen molar-refractivity contribution in [1.82, 2.24) is 9.78 Å². The first-order valence-corrected chi connectivity index (χ1v) is 7.44. The van der Waals surface area contributed by atoms with Gasteiger partial charge in [-0.15, -0.1) is 0 Å². The summed E-state index contributed by atoms with van der Waals surface area (Å²) in [6.07, 6.45) is 2.54. The molecule has 2 rings (SSSR count). The zero-order chi connectivity index (χ0) is 15.8. The topological polar surface area (TPSA) is 70.7 Å². The molecule has 1 N–H and O–H groups in total. The van der Waals surface area contributed by atoms with Crippen LogP contribution >= 0.6 is 0 Å². The minimum Gasteiger partial charge on any atom is -0.311 e. The van der Waals surface area contributed by atoms with Gasteiger partial charge in [0.15, 0.2) is 0 Å². The van der Waals surface area contributed by atoms with Gasteiger partial charge in [0.1, 0.15) is 5.82 Å². The number of amides is 1. The Balaban J connectivity index is 1.83. The van der Waals surface area contributed by atoms with Crippen molar-refractivity contribution in [3.8, 4) is 6.07 Å². The van der Waals surface area contributed by atoms with Crippen LogP contribution in [0, 0.1) is 18.3 Å². The lowest BCUT2D eigenvalue weighted by molar-refractivity contribution is -0.116. The van der Waals surface area contributed by atoms with Gasteiger partial charge in [0.05, 0.1) is 24.7 Å². The molecular formula is C17H20N4O. The molecule has 0 saturated heterocycles. The Hall–Kier alpha value is -2.61. The maximum Gasteiger partial charge on any atom is 0.225 e. The Morgan fingerprint density at radius 3 is 2.86 bits per heavy atom. The van der Waals surface area contributed by atoms with Crippen molar-refractivity contribution in [2.45, 2.75) is 39.2 Å². The molecule has 0 fully saturated rings. The molecule has 0 spiro atoms. The molecule has 0 unspecified atom stereocenters. The van der Waals surface area contributed by atoms with Gasteiger partial charge in [-0.3, -0.25) is 4.79 Å². The molecule has 0 aliphatic heterocycles. The minimum atomic E-state index is -0.0194. The number of carbonyl (C=O) groups is 1. The Morgan fingerprint density at radius 2 is 2.14 bits per heavy atom. The van der Waals surface area contributed by atoms with Crippen LogP contribution in [0.2, 0.25) is 0 Å². The van der Waals surface area contributed by atoms with Crippen LogP contribution in [-0.4, -0.2) is 15.7 Å². The number of benzene rings is 1. The molecule has 0 atom stereocenters. The fraction of sp³-hybridized carbons (Fsp3) is 0.353. The number of carbonyl (C=O) groups excluding carboxylic acids is 1. The molecule has 0 saturated carbocycles. The van der Waals surface area contributed by atoms with E-state index in [-0.39, 0.29) is 5.91 Å².